The molecule has 1 aromatic rings. The van der Waals surface area contributed by atoms with Gasteiger partial charge in [0, 0.05) is 26.2 Å². The average Bonchev–Trinajstić information content (AvgIpc) is 3.71. The SMILES string of the molecule is CC1(OC(=O)N2CCC(C3C[C@H]3CCOc3ccc(CC(=O)N4CCC4)c(C#N)c3)CC2)CC1. The summed E-state index contributed by atoms with van der Waals surface area (Å²) in [6.45, 7) is 5.93. The Morgan fingerprint density at radius 2 is 1.91 bits per heavy atom. The Morgan fingerprint density at radius 1 is 1.15 bits per heavy atom. The molecule has 0 N–H and O–H groups in total. The lowest BCUT2D eigenvalue weighted by molar-refractivity contribution is -0.133. The minimum absolute atomic E-state index is 0.0936. The van der Waals surface area contributed by atoms with Gasteiger partial charge in [-0.1, -0.05) is 6.07 Å². The molecule has 4 fully saturated rings. The second-order valence-corrected chi connectivity index (χ2v) is 10.8. The van der Waals surface area contributed by atoms with Crippen LogP contribution in [0.3, 0.4) is 0 Å². The summed E-state index contributed by atoms with van der Waals surface area (Å²) in [5, 5.41) is 9.52. The smallest absolute Gasteiger partial charge is 0.410 e. The van der Waals surface area contributed by atoms with Gasteiger partial charge in [-0.2, -0.15) is 5.26 Å². The summed E-state index contributed by atoms with van der Waals surface area (Å²) in [4.78, 5) is 28.2. The zero-order chi connectivity index (χ0) is 23.7. The van der Waals surface area contributed by atoms with E-state index >= 15 is 0 Å². The predicted molar refractivity (Wildman–Crippen MR) is 126 cm³/mol. The molecule has 2 aliphatic heterocycles. The number of nitrogens with zero attached hydrogens (tertiary/aromatic N) is 3. The van der Waals surface area contributed by atoms with Gasteiger partial charge < -0.3 is 19.3 Å². The van der Waals surface area contributed by atoms with Gasteiger partial charge in [-0.3, -0.25) is 4.79 Å². The zero-order valence-corrected chi connectivity index (χ0v) is 20.1. The van der Waals surface area contributed by atoms with Crippen molar-refractivity contribution in [2.24, 2.45) is 17.8 Å². The van der Waals surface area contributed by atoms with Gasteiger partial charge in [-0.25, -0.2) is 4.79 Å². The van der Waals surface area contributed by atoms with Crippen LogP contribution >= 0.6 is 0 Å². The van der Waals surface area contributed by atoms with E-state index in [0.29, 0.717) is 29.8 Å². The van der Waals surface area contributed by atoms with Crippen molar-refractivity contribution >= 4 is 12.0 Å². The van der Waals surface area contributed by atoms with E-state index in [9.17, 15) is 14.9 Å². The van der Waals surface area contributed by atoms with Crippen LogP contribution in [-0.4, -0.2) is 60.2 Å². The summed E-state index contributed by atoms with van der Waals surface area (Å²) in [5.41, 5.74) is 1.10. The molecular formula is C27H35N3O4. The minimum atomic E-state index is -0.199. The van der Waals surface area contributed by atoms with Crippen molar-refractivity contribution in [2.45, 2.75) is 63.9 Å². The molecule has 0 bridgehead atoms. The van der Waals surface area contributed by atoms with E-state index in [1.165, 1.54) is 6.42 Å². The van der Waals surface area contributed by atoms with Gasteiger partial charge >= 0.3 is 6.09 Å². The molecule has 2 saturated heterocycles. The number of hydrogen-bond acceptors (Lipinski definition) is 5. The van der Waals surface area contributed by atoms with Crippen molar-refractivity contribution < 1.29 is 19.1 Å². The van der Waals surface area contributed by atoms with Crippen LogP contribution in [0.15, 0.2) is 18.2 Å². The molecule has 1 unspecified atom stereocenters. The standard InChI is InChI=1S/C27H35N3O4/c1-27(8-9-27)34-26(32)30-12-5-19(6-13-30)24-16-21(24)7-14-33-23-4-3-20(22(15-23)18-28)17-25(31)29-10-2-11-29/h3-4,15,19,21,24H,2,5-14,16-17H2,1H3/t21-,24?/m1/s1. The van der Waals surface area contributed by atoms with Crippen LogP contribution < -0.4 is 4.74 Å². The molecule has 0 aromatic heterocycles. The van der Waals surface area contributed by atoms with Crippen molar-refractivity contribution in [1.82, 2.24) is 9.80 Å². The van der Waals surface area contributed by atoms with Crippen molar-refractivity contribution in [1.29, 1.82) is 5.26 Å². The molecule has 2 aliphatic carbocycles. The van der Waals surface area contributed by atoms with Crippen molar-refractivity contribution in [3.63, 3.8) is 0 Å². The van der Waals surface area contributed by atoms with Crippen LogP contribution in [0.1, 0.15) is 63.0 Å². The number of nitriles is 1. The lowest BCUT2D eigenvalue weighted by atomic mass is 9.91. The minimum Gasteiger partial charge on any atom is -0.494 e. The number of carbonyl (C=O) groups is 2. The summed E-state index contributed by atoms with van der Waals surface area (Å²) >= 11 is 0. The third-order valence-electron chi connectivity index (χ3n) is 8.18. The van der Waals surface area contributed by atoms with E-state index in [4.69, 9.17) is 9.47 Å². The first kappa shape index (κ1) is 23.0. The fourth-order valence-corrected chi connectivity index (χ4v) is 5.32. The highest BCUT2D eigenvalue weighted by Gasteiger charge is 2.45. The van der Waals surface area contributed by atoms with Crippen LogP contribution in [0.2, 0.25) is 0 Å². The summed E-state index contributed by atoms with van der Waals surface area (Å²) in [6, 6.07) is 7.71. The predicted octanol–water partition coefficient (Wildman–Crippen LogP) is 4.14. The Labute approximate surface area is 202 Å². The summed E-state index contributed by atoms with van der Waals surface area (Å²) in [5.74, 6) is 2.92. The number of carbonyl (C=O) groups excluding carboxylic acids is 2. The summed E-state index contributed by atoms with van der Waals surface area (Å²) in [6.07, 6.45) is 7.59. The maximum absolute atomic E-state index is 12.3. The number of hydrogen-bond donors (Lipinski definition) is 0. The molecule has 2 amide bonds. The highest BCUT2D eigenvalue weighted by molar-refractivity contribution is 5.80. The van der Waals surface area contributed by atoms with Crippen molar-refractivity contribution in [3.8, 4) is 11.8 Å². The fourth-order valence-electron chi connectivity index (χ4n) is 5.32. The van der Waals surface area contributed by atoms with Crippen LogP contribution in [0, 0.1) is 29.1 Å². The fraction of sp³-hybridized carbons (Fsp3) is 0.667. The van der Waals surface area contributed by atoms with Gasteiger partial charge in [0.1, 0.15) is 11.4 Å². The van der Waals surface area contributed by atoms with Crippen LogP contribution in [0.25, 0.3) is 0 Å². The molecule has 7 nitrogen and oxygen atoms in total. The summed E-state index contributed by atoms with van der Waals surface area (Å²) < 4.78 is 11.6. The molecule has 2 saturated carbocycles. The first-order valence-corrected chi connectivity index (χ1v) is 12.9. The molecule has 2 heterocycles. The Kier molecular flexibility index (Phi) is 6.42. The largest absolute Gasteiger partial charge is 0.494 e. The Morgan fingerprint density at radius 3 is 2.56 bits per heavy atom. The molecule has 2 atom stereocenters. The van der Waals surface area contributed by atoms with E-state index in [0.717, 1.165) is 76.2 Å². The van der Waals surface area contributed by atoms with Gasteiger partial charge in [-0.05, 0) is 87.3 Å². The molecule has 0 spiro atoms. The van der Waals surface area contributed by atoms with Gasteiger partial charge in [0.2, 0.25) is 5.91 Å². The second kappa shape index (κ2) is 9.48. The maximum Gasteiger partial charge on any atom is 0.410 e. The van der Waals surface area contributed by atoms with E-state index in [2.05, 4.69) is 6.07 Å². The highest BCUT2D eigenvalue weighted by atomic mass is 16.6. The van der Waals surface area contributed by atoms with Gasteiger partial charge in [0.05, 0.1) is 24.7 Å². The lowest BCUT2D eigenvalue weighted by Gasteiger charge is -2.32. The lowest BCUT2D eigenvalue weighted by Crippen LogP contribution is -2.42. The molecule has 182 valence electrons. The first-order valence-electron chi connectivity index (χ1n) is 12.9. The zero-order valence-electron chi connectivity index (χ0n) is 20.1. The number of likely N-dealkylation sites (tertiary alicyclic amines) is 2. The normalized spacial score (nSPS) is 25.2. The van der Waals surface area contributed by atoms with E-state index in [-0.39, 0.29) is 24.0 Å². The Hall–Kier alpha value is -2.75. The highest BCUT2D eigenvalue weighted by Crippen LogP contribution is 2.50. The molecule has 1 aromatic carbocycles. The number of ether oxygens (including phenoxy) is 2. The second-order valence-electron chi connectivity index (χ2n) is 10.8. The van der Waals surface area contributed by atoms with Crippen LogP contribution in [0.5, 0.6) is 5.75 Å². The van der Waals surface area contributed by atoms with Crippen molar-refractivity contribution in [2.75, 3.05) is 32.8 Å². The van der Waals surface area contributed by atoms with Gasteiger partial charge in [0.15, 0.2) is 0 Å². The number of benzene rings is 1. The van der Waals surface area contributed by atoms with E-state index in [1.54, 1.807) is 6.07 Å². The monoisotopic (exact) mass is 465 g/mol. The first-order chi connectivity index (χ1) is 16.4. The number of rotatable bonds is 8. The van der Waals surface area contributed by atoms with Crippen LogP contribution in [-0.2, 0) is 16.0 Å². The van der Waals surface area contributed by atoms with Gasteiger partial charge in [-0.15, -0.1) is 0 Å². The Balaban J connectivity index is 1.02. The molecule has 5 rings (SSSR count). The third kappa shape index (κ3) is 5.32. The molecule has 0 radical (unpaired) electrons. The third-order valence-corrected chi connectivity index (χ3v) is 8.18. The number of amides is 2. The molecular weight excluding hydrogens is 430 g/mol. The van der Waals surface area contributed by atoms with E-state index in [1.807, 2.05) is 28.9 Å². The molecule has 4 aliphatic rings. The van der Waals surface area contributed by atoms with E-state index < -0.39 is 0 Å². The quantitative estimate of drug-likeness (QED) is 0.576. The van der Waals surface area contributed by atoms with Gasteiger partial charge in [0.25, 0.3) is 0 Å². The Bertz CT molecular complexity index is 971. The molecule has 7 heteroatoms. The average molecular weight is 466 g/mol. The molecule has 34 heavy (non-hydrogen) atoms. The number of piperidine rings is 1. The maximum atomic E-state index is 12.3. The van der Waals surface area contributed by atoms with Crippen molar-refractivity contribution in [3.05, 3.63) is 29.3 Å². The van der Waals surface area contributed by atoms with Crippen LogP contribution in [0.4, 0.5) is 4.79 Å². The summed E-state index contributed by atoms with van der Waals surface area (Å²) in [7, 11) is 0. The topological polar surface area (TPSA) is 82.9 Å².